The van der Waals surface area contributed by atoms with Crippen LogP contribution in [0.15, 0.2) is 28.6 Å². The second kappa shape index (κ2) is 5.81. The van der Waals surface area contributed by atoms with Gasteiger partial charge in [0.1, 0.15) is 10.5 Å². The van der Waals surface area contributed by atoms with Crippen molar-refractivity contribution < 1.29 is 23.1 Å². The fourth-order valence-electron chi connectivity index (χ4n) is 1.45. The number of halogens is 2. The molecule has 0 saturated heterocycles. The molecule has 5 nitrogen and oxygen atoms in total. The van der Waals surface area contributed by atoms with Gasteiger partial charge in [-0.15, -0.1) is 0 Å². The molecule has 0 unspecified atom stereocenters. The zero-order valence-corrected chi connectivity index (χ0v) is 12.1. The lowest BCUT2D eigenvalue weighted by Crippen LogP contribution is -2.11. The summed E-state index contributed by atoms with van der Waals surface area (Å²) in [5.74, 6) is -2.17. The van der Waals surface area contributed by atoms with Gasteiger partial charge in [-0.1, -0.05) is 29.8 Å². The average molecular weight is 325 g/mol. The number of rotatable bonds is 5. The van der Waals surface area contributed by atoms with E-state index in [1.165, 1.54) is 7.11 Å². The number of hydrogen-bond donors (Lipinski definition) is 1. The van der Waals surface area contributed by atoms with Crippen LogP contribution in [0, 0.1) is 0 Å². The largest absolute Gasteiger partial charge is 0.494 e. The van der Waals surface area contributed by atoms with Crippen LogP contribution in [-0.4, -0.2) is 32.4 Å². The van der Waals surface area contributed by atoms with Crippen LogP contribution >= 0.6 is 23.2 Å². The quantitative estimate of drug-likeness (QED) is 0.900. The first-order valence-electron chi connectivity index (χ1n) is 4.86. The van der Waals surface area contributed by atoms with Crippen molar-refractivity contribution in [1.29, 1.82) is 0 Å². The van der Waals surface area contributed by atoms with Crippen molar-refractivity contribution in [1.82, 2.24) is 0 Å². The molecule has 1 N–H and O–H groups in total. The minimum Gasteiger partial charge on any atom is -0.494 e. The summed E-state index contributed by atoms with van der Waals surface area (Å²) in [7, 11) is -2.71. The maximum atomic E-state index is 12.1. The molecule has 0 aromatic heterocycles. The number of benzene rings is 1. The average Bonchev–Trinajstić information content (AvgIpc) is 2.25. The molecule has 0 spiro atoms. The number of hydrogen-bond acceptors (Lipinski definition) is 4. The molecule has 0 heterocycles. The zero-order valence-electron chi connectivity index (χ0n) is 9.81. The van der Waals surface area contributed by atoms with Gasteiger partial charge in [-0.25, -0.2) is 13.2 Å². The van der Waals surface area contributed by atoms with Gasteiger partial charge in [-0.2, -0.15) is 0 Å². The highest BCUT2D eigenvalue weighted by atomic mass is 35.5. The lowest BCUT2D eigenvalue weighted by molar-refractivity contribution is 0.0693. The Hall–Kier alpha value is -1.24. The van der Waals surface area contributed by atoms with Gasteiger partial charge in [0.05, 0.1) is 12.9 Å². The smallest absolute Gasteiger partial charge is 0.339 e. The summed E-state index contributed by atoms with van der Waals surface area (Å²) in [6, 6.07) is 2.22. The van der Waals surface area contributed by atoms with Gasteiger partial charge in [0.2, 0.25) is 0 Å². The normalized spacial score (nSPS) is 11.1. The van der Waals surface area contributed by atoms with Crippen LogP contribution in [0.2, 0.25) is 5.02 Å². The van der Waals surface area contributed by atoms with Crippen LogP contribution in [0.5, 0.6) is 5.75 Å². The van der Waals surface area contributed by atoms with Gasteiger partial charge in [-0.05, 0) is 12.1 Å². The summed E-state index contributed by atoms with van der Waals surface area (Å²) in [6.45, 7) is 3.30. The van der Waals surface area contributed by atoms with Crippen molar-refractivity contribution in [2.45, 2.75) is 4.90 Å². The standard InChI is InChI=1S/C11H10Cl2O5S/c1-6(12)5-19(16,17)9-4-7(13)3-8(11(14)15)10(9)18-2/h3-4H,1,5H2,2H3,(H,14,15). The van der Waals surface area contributed by atoms with Gasteiger partial charge >= 0.3 is 5.97 Å². The number of aromatic carboxylic acids is 1. The Balaban J connectivity index is 3.59. The van der Waals surface area contributed by atoms with E-state index in [-0.39, 0.29) is 26.3 Å². The fraction of sp³-hybridized carbons (Fsp3) is 0.182. The molecule has 1 aromatic rings. The topological polar surface area (TPSA) is 80.7 Å². The van der Waals surface area contributed by atoms with E-state index in [0.717, 1.165) is 12.1 Å². The molecule has 0 atom stereocenters. The van der Waals surface area contributed by atoms with Crippen molar-refractivity contribution in [2.75, 3.05) is 12.9 Å². The van der Waals surface area contributed by atoms with Crippen LogP contribution in [0.1, 0.15) is 10.4 Å². The number of carboxylic acids is 1. The molecule has 104 valence electrons. The predicted octanol–water partition coefficient (Wildman–Crippen LogP) is 2.57. The van der Waals surface area contributed by atoms with E-state index in [9.17, 15) is 13.2 Å². The van der Waals surface area contributed by atoms with Gasteiger partial charge < -0.3 is 9.84 Å². The first-order chi connectivity index (χ1) is 8.69. The highest BCUT2D eigenvalue weighted by Gasteiger charge is 2.26. The van der Waals surface area contributed by atoms with Crippen molar-refractivity contribution in [3.8, 4) is 5.75 Å². The van der Waals surface area contributed by atoms with Crippen LogP contribution in [-0.2, 0) is 9.84 Å². The van der Waals surface area contributed by atoms with Crippen molar-refractivity contribution >= 4 is 39.0 Å². The van der Waals surface area contributed by atoms with E-state index in [0.29, 0.717) is 0 Å². The third-order valence-electron chi connectivity index (χ3n) is 2.14. The summed E-state index contributed by atoms with van der Waals surface area (Å²) >= 11 is 11.2. The molecule has 0 aliphatic carbocycles. The first kappa shape index (κ1) is 15.8. The maximum absolute atomic E-state index is 12.1. The Labute approximate surface area is 120 Å². The van der Waals surface area contributed by atoms with E-state index in [2.05, 4.69) is 6.58 Å². The predicted molar refractivity (Wildman–Crippen MR) is 72.0 cm³/mol. The van der Waals surface area contributed by atoms with E-state index in [4.69, 9.17) is 33.0 Å². The Morgan fingerprint density at radius 3 is 2.47 bits per heavy atom. The highest BCUT2D eigenvalue weighted by Crippen LogP contribution is 2.33. The molecule has 1 rings (SSSR count). The molecule has 0 aliphatic rings. The third kappa shape index (κ3) is 3.62. The number of carboxylic acid groups (broad SMARTS) is 1. The lowest BCUT2D eigenvalue weighted by Gasteiger charge is -2.12. The minimum atomic E-state index is -3.89. The van der Waals surface area contributed by atoms with E-state index in [1.54, 1.807) is 0 Å². The molecule has 8 heteroatoms. The Kier molecular flexibility index (Phi) is 4.84. The molecule has 0 amide bonds. The summed E-state index contributed by atoms with van der Waals surface area (Å²) in [4.78, 5) is 10.7. The second-order valence-electron chi connectivity index (χ2n) is 3.57. The number of ether oxygens (including phenoxy) is 1. The molecule has 19 heavy (non-hydrogen) atoms. The van der Waals surface area contributed by atoms with Gasteiger partial charge in [-0.3, -0.25) is 0 Å². The molecule has 1 aromatic carbocycles. The van der Waals surface area contributed by atoms with Crippen molar-refractivity contribution in [2.24, 2.45) is 0 Å². The van der Waals surface area contributed by atoms with Crippen molar-refractivity contribution in [3.63, 3.8) is 0 Å². The Morgan fingerprint density at radius 2 is 2.05 bits per heavy atom. The van der Waals surface area contributed by atoms with Crippen molar-refractivity contribution in [3.05, 3.63) is 34.3 Å². The zero-order chi connectivity index (χ0) is 14.8. The maximum Gasteiger partial charge on any atom is 0.339 e. The number of methoxy groups -OCH3 is 1. The lowest BCUT2D eigenvalue weighted by atomic mass is 10.2. The SMILES string of the molecule is C=C(Cl)CS(=O)(=O)c1cc(Cl)cc(C(=O)O)c1OC. The van der Waals surface area contributed by atoms with Gasteiger partial charge in [0.15, 0.2) is 15.6 Å². The Morgan fingerprint density at radius 1 is 1.47 bits per heavy atom. The minimum absolute atomic E-state index is 0.0306. The molecule has 0 saturated carbocycles. The molecule has 0 bridgehead atoms. The summed E-state index contributed by atoms with van der Waals surface area (Å²) in [5.41, 5.74) is -0.339. The summed E-state index contributed by atoms with van der Waals surface area (Å²) in [5, 5.41) is 8.89. The second-order valence-corrected chi connectivity index (χ2v) is 6.50. The fourth-order valence-corrected chi connectivity index (χ4v) is 3.52. The highest BCUT2D eigenvalue weighted by molar-refractivity contribution is 7.91. The summed E-state index contributed by atoms with van der Waals surface area (Å²) < 4.78 is 29.0. The van der Waals surface area contributed by atoms with Crippen LogP contribution in [0.25, 0.3) is 0 Å². The van der Waals surface area contributed by atoms with Gasteiger partial charge in [0, 0.05) is 10.1 Å². The molecular weight excluding hydrogens is 315 g/mol. The van der Waals surface area contributed by atoms with E-state index in [1.807, 2.05) is 0 Å². The number of carbonyl (C=O) groups is 1. The molecule has 0 radical (unpaired) electrons. The van der Waals surface area contributed by atoms with Gasteiger partial charge in [0.25, 0.3) is 0 Å². The number of sulfone groups is 1. The summed E-state index contributed by atoms with van der Waals surface area (Å²) in [6.07, 6.45) is 0. The van der Waals surface area contributed by atoms with Crippen LogP contribution in [0.4, 0.5) is 0 Å². The molecule has 0 fully saturated rings. The molecule has 0 aliphatic heterocycles. The third-order valence-corrected chi connectivity index (χ3v) is 4.35. The van der Waals surface area contributed by atoms with Crippen LogP contribution in [0.3, 0.4) is 0 Å². The first-order valence-corrected chi connectivity index (χ1v) is 7.26. The van der Waals surface area contributed by atoms with E-state index >= 15 is 0 Å². The van der Waals surface area contributed by atoms with Crippen LogP contribution < -0.4 is 4.74 Å². The molecular formula is C11H10Cl2O5S. The van der Waals surface area contributed by atoms with E-state index < -0.39 is 21.6 Å². The Bertz CT molecular complexity index is 637. The monoisotopic (exact) mass is 324 g/mol.